The number of carbonyl (C=O) groups is 1. The van der Waals surface area contributed by atoms with Gasteiger partial charge in [0.25, 0.3) is 0 Å². The lowest BCUT2D eigenvalue weighted by Crippen LogP contribution is -2.18. The van der Waals surface area contributed by atoms with Crippen LogP contribution in [-0.4, -0.2) is 15.6 Å². The molecule has 0 bridgehead atoms. The maximum atomic E-state index is 11.9. The molecule has 2 aromatic rings. The molecule has 1 N–H and O–H groups in total. The molecule has 0 aliphatic carbocycles. The molecule has 2 rings (SSSR count). The Hall–Kier alpha value is -1.81. The fourth-order valence-electron chi connectivity index (χ4n) is 2.08. The first-order valence-electron chi connectivity index (χ1n) is 6.11. The molecule has 5 heteroatoms. The highest BCUT2D eigenvalue weighted by molar-refractivity contribution is 6.31. The summed E-state index contributed by atoms with van der Waals surface area (Å²) in [7, 11) is 0. The van der Waals surface area contributed by atoms with Crippen molar-refractivity contribution in [1.82, 2.24) is 4.57 Å². The molecule has 0 atom stereocenters. The van der Waals surface area contributed by atoms with Crippen molar-refractivity contribution in [1.29, 1.82) is 0 Å². The molecule has 0 aliphatic heterocycles. The van der Waals surface area contributed by atoms with Gasteiger partial charge >= 0.3 is 5.97 Å². The van der Waals surface area contributed by atoms with Crippen LogP contribution in [0.5, 0.6) is 0 Å². The van der Waals surface area contributed by atoms with Crippen LogP contribution in [-0.2, 0) is 6.54 Å². The van der Waals surface area contributed by atoms with E-state index in [0.717, 1.165) is 18.9 Å². The number of aryl methyl sites for hydroxylation is 1. The van der Waals surface area contributed by atoms with Crippen molar-refractivity contribution >= 4 is 28.5 Å². The molecule has 1 aromatic carbocycles. The predicted molar refractivity (Wildman–Crippen MR) is 75.1 cm³/mol. The van der Waals surface area contributed by atoms with E-state index in [1.165, 1.54) is 0 Å². The van der Waals surface area contributed by atoms with E-state index in [9.17, 15) is 14.7 Å². The van der Waals surface area contributed by atoms with Crippen molar-refractivity contribution in [2.24, 2.45) is 0 Å². The minimum Gasteiger partial charge on any atom is -0.477 e. The fraction of sp³-hybridized carbons (Fsp3) is 0.286. The molecule has 0 spiro atoms. The summed E-state index contributed by atoms with van der Waals surface area (Å²) in [6.07, 6.45) is 1.79. The number of pyridine rings is 1. The molecule has 0 aliphatic rings. The highest BCUT2D eigenvalue weighted by Gasteiger charge is 2.14. The normalized spacial score (nSPS) is 10.8. The maximum Gasteiger partial charge on any atom is 0.352 e. The van der Waals surface area contributed by atoms with Crippen LogP contribution in [0.1, 0.15) is 30.3 Å². The molecule has 100 valence electrons. The Bertz CT molecular complexity index is 691. The largest absolute Gasteiger partial charge is 0.477 e. The van der Waals surface area contributed by atoms with E-state index in [4.69, 9.17) is 11.6 Å². The predicted octanol–water partition coefficient (Wildman–Crippen LogP) is 3.15. The van der Waals surface area contributed by atoms with Gasteiger partial charge in [0, 0.05) is 23.0 Å². The number of rotatable bonds is 4. The Morgan fingerprint density at radius 2 is 2.11 bits per heavy atom. The third kappa shape index (κ3) is 2.63. The molecule has 0 saturated carbocycles. The summed E-state index contributed by atoms with van der Waals surface area (Å²) in [6, 6.07) is 6.10. The zero-order valence-electron chi connectivity index (χ0n) is 10.5. The first-order valence-corrected chi connectivity index (χ1v) is 6.48. The minimum atomic E-state index is -1.09. The summed E-state index contributed by atoms with van der Waals surface area (Å²) >= 11 is 5.89. The summed E-state index contributed by atoms with van der Waals surface area (Å²) in [5, 5.41) is 10.1. The molecule has 19 heavy (non-hydrogen) atoms. The molecule has 0 saturated heterocycles. The number of hydrogen-bond acceptors (Lipinski definition) is 2. The Kier molecular flexibility index (Phi) is 3.90. The van der Waals surface area contributed by atoms with Gasteiger partial charge in [0.2, 0.25) is 0 Å². The van der Waals surface area contributed by atoms with Crippen molar-refractivity contribution in [3.05, 3.63) is 45.2 Å². The first-order chi connectivity index (χ1) is 9.04. The molecular weight excluding hydrogens is 266 g/mol. The number of halogens is 1. The standard InChI is InChI=1S/C14H14ClNO3/c1-2-3-6-16-11-5-4-9(15)7-10(11)13(17)8-12(16)14(18)19/h4-5,7-8H,2-3,6H2,1H3,(H,18,19). The van der Waals surface area contributed by atoms with E-state index in [1.807, 2.05) is 6.92 Å². The number of benzene rings is 1. The Morgan fingerprint density at radius 3 is 2.74 bits per heavy atom. The molecule has 0 radical (unpaired) electrons. The van der Waals surface area contributed by atoms with E-state index in [2.05, 4.69) is 0 Å². The Labute approximate surface area is 115 Å². The van der Waals surface area contributed by atoms with Gasteiger partial charge in [0.15, 0.2) is 5.43 Å². The van der Waals surface area contributed by atoms with Crippen LogP contribution in [0.25, 0.3) is 10.9 Å². The highest BCUT2D eigenvalue weighted by Crippen LogP contribution is 2.19. The summed E-state index contributed by atoms with van der Waals surface area (Å²) < 4.78 is 1.67. The second kappa shape index (κ2) is 5.45. The molecule has 0 unspecified atom stereocenters. The van der Waals surface area contributed by atoms with Crippen LogP contribution < -0.4 is 5.43 Å². The zero-order chi connectivity index (χ0) is 14.0. The average Bonchev–Trinajstić information content (AvgIpc) is 2.37. The van der Waals surface area contributed by atoms with Crippen molar-refractivity contribution in [2.75, 3.05) is 0 Å². The van der Waals surface area contributed by atoms with Crippen LogP contribution >= 0.6 is 11.6 Å². The lowest BCUT2D eigenvalue weighted by atomic mass is 10.1. The number of hydrogen-bond donors (Lipinski definition) is 1. The molecule has 0 amide bonds. The molecule has 4 nitrogen and oxygen atoms in total. The number of carboxylic acids is 1. The lowest BCUT2D eigenvalue weighted by molar-refractivity contribution is 0.0684. The number of aromatic nitrogens is 1. The van der Waals surface area contributed by atoms with E-state index in [1.54, 1.807) is 22.8 Å². The van der Waals surface area contributed by atoms with E-state index >= 15 is 0 Å². The maximum absolute atomic E-state index is 11.9. The van der Waals surface area contributed by atoms with Gasteiger partial charge in [-0.2, -0.15) is 0 Å². The van der Waals surface area contributed by atoms with Crippen molar-refractivity contribution < 1.29 is 9.90 Å². The van der Waals surface area contributed by atoms with Gasteiger partial charge < -0.3 is 9.67 Å². The number of aromatic carboxylic acids is 1. The van der Waals surface area contributed by atoms with E-state index in [0.29, 0.717) is 22.5 Å². The van der Waals surface area contributed by atoms with Crippen LogP contribution in [0.4, 0.5) is 0 Å². The third-order valence-corrected chi connectivity index (χ3v) is 3.26. The molecular formula is C14H14ClNO3. The van der Waals surface area contributed by atoms with Crippen LogP contribution in [0.2, 0.25) is 5.02 Å². The van der Waals surface area contributed by atoms with E-state index in [-0.39, 0.29) is 11.1 Å². The first kappa shape index (κ1) is 13.6. The van der Waals surface area contributed by atoms with Crippen molar-refractivity contribution in [3.63, 3.8) is 0 Å². The fourth-order valence-corrected chi connectivity index (χ4v) is 2.26. The monoisotopic (exact) mass is 279 g/mol. The quantitative estimate of drug-likeness (QED) is 0.935. The summed E-state index contributed by atoms with van der Waals surface area (Å²) in [4.78, 5) is 23.2. The summed E-state index contributed by atoms with van der Waals surface area (Å²) in [5.41, 5.74) is 0.318. The Balaban J connectivity index is 2.78. The smallest absolute Gasteiger partial charge is 0.352 e. The van der Waals surface area contributed by atoms with Gasteiger partial charge in [0.05, 0.1) is 5.52 Å². The topological polar surface area (TPSA) is 59.3 Å². The molecule has 0 fully saturated rings. The van der Waals surface area contributed by atoms with Gasteiger partial charge in [0.1, 0.15) is 5.69 Å². The zero-order valence-corrected chi connectivity index (χ0v) is 11.3. The SMILES string of the molecule is CCCCn1c(C(=O)O)cc(=O)c2cc(Cl)ccc21. The minimum absolute atomic E-state index is 0.0215. The number of carboxylic acid groups (broad SMARTS) is 1. The van der Waals surface area contributed by atoms with Gasteiger partial charge in [-0.25, -0.2) is 4.79 Å². The Morgan fingerprint density at radius 1 is 1.37 bits per heavy atom. The number of unbranched alkanes of at least 4 members (excludes halogenated alkanes) is 1. The summed E-state index contributed by atoms with van der Waals surface area (Å²) in [6.45, 7) is 2.60. The molecule has 1 heterocycles. The van der Waals surface area contributed by atoms with Crippen molar-refractivity contribution in [2.45, 2.75) is 26.3 Å². The van der Waals surface area contributed by atoms with E-state index < -0.39 is 5.97 Å². The third-order valence-electron chi connectivity index (χ3n) is 3.03. The second-order valence-corrected chi connectivity index (χ2v) is 4.80. The van der Waals surface area contributed by atoms with Crippen LogP contribution in [0.3, 0.4) is 0 Å². The van der Waals surface area contributed by atoms with Gasteiger partial charge in [-0.3, -0.25) is 4.79 Å². The number of nitrogens with zero attached hydrogens (tertiary/aromatic N) is 1. The van der Waals surface area contributed by atoms with Gasteiger partial charge in [-0.05, 0) is 24.6 Å². The van der Waals surface area contributed by atoms with Gasteiger partial charge in [-0.15, -0.1) is 0 Å². The van der Waals surface area contributed by atoms with Crippen LogP contribution in [0.15, 0.2) is 29.1 Å². The summed E-state index contributed by atoms with van der Waals surface area (Å²) in [5.74, 6) is -1.09. The second-order valence-electron chi connectivity index (χ2n) is 4.37. The highest BCUT2D eigenvalue weighted by atomic mass is 35.5. The van der Waals surface area contributed by atoms with Crippen molar-refractivity contribution in [3.8, 4) is 0 Å². The lowest BCUT2D eigenvalue weighted by Gasteiger charge is -2.14. The average molecular weight is 280 g/mol. The molecule has 1 aromatic heterocycles. The number of fused-ring (bicyclic) bond motifs is 1. The van der Waals surface area contributed by atoms with Crippen LogP contribution in [0, 0.1) is 0 Å². The van der Waals surface area contributed by atoms with Gasteiger partial charge in [-0.1, -0.05) is 24.9 Å².